The van der Waals surface area contributed by atoms with Gasteiger partial charge in [-0.2, -0.15) is 13.2 Å². The van der Waals surface area contributed by atoms with Gasteiger partial charge in [0, 0.05) is 18.3 Å². The van der Waals surface area contributed by atoms with E-state index in [2.05, 4.69) is 5.32 Å². The zero-order valence-electron chi connectivity index (χ0n) is 10.1. The second-order valence-electron chi connectivity index (χ2n) is 4.64. The van der Waals surface area contributed by atoms with Crippen molar-refractivity contribution in [2.24, 2.45) is 5.92 Å². The number of anilines is 1. The van der Waals surface area contributed by atoms with E-state index in [1.807, 2.05) is 6.92 Å². The summed E-state index contributed by atoms with van der Waals surface area (Å²) in [5.41, 5.74) is -0.451. The monoisotopic (exact) mass is 259 g/mol. The molecule has 0 bridgehead atoms. The molecule has 100 valence electrons. The number of hydrogen-bond acceptors (Lipinski definition) is 2. The molecule has 1 aliphatic rings. The van der Waals surface area contributed by atoms with Crippen LogP contribution in [0.1, 0.15) is 18.9 Å². The molecule has 0 aromatic heterocycles. The molecule has 1 saturated heterocycles. The minimum atomic E-state index is -4.32. The predicted octanol–water partition coefficient (Wildman–Crippen LogP) is 3.54. The SMILES string of the molecule is CC1COCCC1Nc1ccccc1C(F)(F)F. The van der Waals surface area contributed by atoms with Gasteiger partial charge in [-0.1, -0.05) is 19.1 Å². The van der Waals surface area contributed by atoms with Gasteiger partial charge in [0.1, 0.15) is 0 Å². The largest absolute Gasteiger partial charge is 0.418 e. The van der Waals surface area contributed by atoms with Crippen LogP contribution in [0.15, 0.2) is 24.3 Å². The summed E-state index contributed by atoms with van der Waals surface area (Å²) in [5, 5.41) is 3.01. The van der Waals surface area contributed by atoms with Crippen LogP contribution < -0.4 is 5.32 Å². The predicted molar refractivity (Wildman–Crippen MR) is 63.5 cm³/mol. The average Bonchev–Trinajstić information content (AvgIpc) is 2.31. The fourth-order valence-corrected chi connectivity index (χ4v) is 2.15. The number of para-hydroxylation sites is 1. The third-order valence-corrected chi connectivity index (χ3v) is 3.21. The van der Waals surface area contributed by atoms with Crippen molar-refractivity contribution < 1.29 is 17.9 Å². The first-order valence-corrected chi connectivity index (χ1v) is 5.99. The van der Waals surface area contributed by atoms with Crippen LogP contribution in [-0.4, -0.2) is 19.3 Å². The number of nitrogens with one attached hydrogen (secondary N) is 1. The van der Waals surface area contributed by atoms with Gasteiger partial charge in [-0.15, -0.1) is 0 Å². The summed E-state index contributed by atoms with van der Waals surface area (Å²) in [6.45, 7) is 3.16. The van der Waals surface area contributed by atoms with Gasteiger partial charge in [0.05, 0.1) is 12.2 Å². The van der Waals surface area contributed by atoms with E-state index in [1.165, 1.54) is 12.1 Å². The Bertz CT molecular complexity index is 405. The van der Waals surface area contributed by atoms with E-state index in [4.69, 9.17) is 4.74 Å². The number of rotatable bonds is 2. The third-order valence-electron chi connectivity index (χ3n) is 3.21. The summed E-state index contributed by atoms with van der Waals surface area (Å²) >= 11 is 0. The Labute approximate surface area is 104 Å². The molecule has 0 amide bonds. The van der Waals surface area contributed by atoms with Crippen LogP contribution in [-0.2, 0) is 10.9 Å². The second kappa shape index (κ2) is 5.18. The average molecular weight is 259 g/mol. The molecule has 0 radical (unpaired) electrons. The van der Waals surface area contributed by atoms with E-state index in [-0.39, 0.29) is 17.6 Å². The molecular weight excluding hydrogens is 243 g/mol. The molecule has 2 unspecified atom stereocenters. The van der Waals surface area contributed by atoms with Crippen LogP contribution in [0.4, 0.5) is 18.9 Å². The Balaban J connectivity index is 2.18. The maximum Gasteiger partial charge on any atom is 0.418 e. The minimum Gasteiger partial charge on any atom is -0.381 e. The van der Waals surface area contributed by atoms with Crippen molar-refractivity contribution in [2.75, 3.05) is 18.5 Å². The van der Waals surface area contributed by atoms with Gasteiger partial charge in [-0.25, -0.2) is 0 Å². The minimum absolute atomic E-state index is 0.0299. The fraction of sp³-hybridized carbons (Fsp3) is 0.538. The zero-order chi connectivity index (χ0) is 13.2. The number of ether oxygens (including phenoxy) is 1. The molecule has 5 heteroatoms. The van der Waals surface area contributed by atoms with Gasteiger partial charge in [0.2, 0.25) is 0 Å². The summed E-state index contributed by atoms with van der Waals surface area (Å²) in [6.07, 6.45) is -3.59. The Hall–Kier alpha value is -1.23. The van der Waals surface area contributed by atoms with Crippen molar-refractivity contribution in [1.82, 2.24) is 0 Å². The van der Waals surface area contributed by atoms with E-state index in [1.54, 1.807) is 6.07 Å². The molecule has 0 saturated carbocycles. The number of hydrogen-bond donors (Lipinski definition) is 1. The molecule has 2 nitrogen and oxygen atoms in total. The molecule has 1 heterocycles. The zero-order valence-corrected chi connectivity index (χ0v) is 10.1. The molecule has 1 N–H and O–H groups in total. The van der Waals surface area contributed by atoms with Crippen LogP contribution >= 0.6 is 0 Å². The number of halogens is 3. The maximum atomic E-state index is 12.8. The van der Waals surface area contributed by atoms with E-state index < -0.39 is 11.7 Å². The maximum absolute atomic E-state index is 12.8. The Kier molecular flexibility index (Phi) is 3.80. The van der Waals surface area contributed by atoms with Gasteiger partial charge in [-0.3, -0.25) is 0 Å². The molecule has 0 aliphatic carbocycles. The topological polar surface area (TPSA) is 21.3 Å². The van der Waals surface area contributed by atoms with Crippen LogP contribution in [0.2, 0.25) is 0 Å². The molecule has 18 heavy (non-hydrogen) atoms. The van der Waals surface area contributed by atoms with Crippen LogP contribution in [0.5, 0.6) is 0 Å². The van der Waals surface area contributed by atoms with Crippen LogP contribution in [0.25, 0.3) is 0 Å². The first-order valence-electron chi connectivity index (χ1n) is 5.99. The molecule has 1 aliphatic heterocycles. The van der Waals surface area contributed by atoms with Crippen molar-refractivity contribution in [2.45, 2.75) is 25.6 Å². The molecule has 1 aromatic carbocycles. The molecule has 1 aromatic rings. The normalized spacial score (nSPS) is 24.9. The quantitative estimate of drug-likeness (QED) is 0.877. The van der Waals surface area contributed by atoms with Gasteiger partial charge >= 0.3 is 6.18 Å². The highest BCUT2D eigenvalue weighted by Gasteiger charge is 2.34. The molecule has 1 fully saturated rings. The lowest BCUT2D eigenvalue weighted by Gasteiger charge is -2.31. The van der Waals surface area contributed by atoms with Gasteiger partial charge in [-0.05, 0) is 24.5 Å². The van der Waals surface area contributed by atoms with Crippen molar-refractivity contribution in [3.05, 3.63) is 29.8 Å². The summed E-state index contributed by atoms with van der Waals surface area (Å²) < 4.78 is 43.8. The summed E-state index contributed by atoms with van der Waals surface area (Å²) in [5.74, 6) is 0.208. The van der Waals surface area contributed by atoms with Gasteiger partial charge in [0.25, 0.3) is 0 Å². The molecule has 2 rings (SSSR count). The standard InChI is InChI=1S/C13H16F3NO/c1-9-8-18-7-6-11(9)17-12-5-3-2-4-10(12)13(14,15)16/h2-5,9,11,17H,6-8H2,1H3. The molecule has 2 atom stereocenters. The number of alkyl halides is 3. The van der Waals surface area contributed by atoms with Gasteiger partial charge in [0.15, 0.2) is 0 Å². The van der Waals surface area contributed by atoms with E-state index in [0.717, 1.165) is 12.5 Å². The summed E-state index contributed by atoms with van der Waals surface area (Å²) in [6, 6.07) is 5.63. The lowest BCUT2D eigenvalue weighted by Crippen LogP contribution is -2.36. The highest BCUT2D eigenvalue weighted by atomic mass is 19.4. The molecular formula is C13H16F3NO. The lowest BCUT2D eigenvalue weighted by atomic mass is 9.97. The second-order valence-corrected chi connectivity index (χ2v) is 4.64. The highest BCUT2D eigenvalue weighted by molar-refractivity contribution is 5.53. The van der Waals surface area contributed by atoms with Crippen molar-refractivity contribution in [1.29, 1.82) is 0 Å². The van der Waals surface area contributed by atoms with Crippen molar-refractivity contribution in [3.8, 4) is 0 Å². The van der Waals surface area contributed by atoms with Crippen molar-refractivity contribution >= 4 is 5.69 Å². The first-order chi connectivity index (χ1) is 8.48. The Morgan fingerprint density at radius 1 is 1.28 bits per heavy atom. The van der Waals surface area contributed by atoms with E-state index >= 15 is 0 Å². The summed E-state index contributed by atoms with van der Waals surface area (Å²) in [4.78, 5) is 0. The fourth-order valence-electron chi connectivity index (χ4n) is 2.15. The summed E-state index contributed by atoms with van der Waals surface area (Å²) in [7, 11) is 0. The smallest absolute Gasteiger partial charge is 0.381 e. The lowest BCUT2D eigenvalue weighted by molar-refractivity contribution is -0.137. The van der Waals surface area contributed by atoms with Crippen LogP contribution in [0, 0.1) is 5.92 Å². The first kappa shape index (κ1) is 13.2. The number of benzene rings is 1. The Morgan fingerprint density at radius 3 is 2.67 bits per heavy atom. The Morgan fingerprint density at radius 2 is 2.00 bits per heavy atom. The van der Waals surface area contributed by atoms with Crippen LogP contribution in [0.3, 0.4) is 0 Å². The van der Waals surface area contributed by atoms with E-state index in [9.17, 15) is 13.2 Å². The third kappa shape index (κ3) is 2.96. The molecule has 0 spiro atoms. The van der Waals surface area contributed by atoms with Gasteiger partial charge < -0.3 is 10.1 Å². The van der Waals surface area contributed by atoms with E-state index in [0.29, 0.717) is 13.2 Å². The van der Waals surface area contributed by atoms with Crippen molar-refractivity contribution in [3.63, 3.8) is 0 Å². The highest BCUT2D eigenvalue weighted by Crippen LogP contribution is 2.35.